The standard InChI is InChI=1S/C14H21N5S/c1-10(2)11(7-15)8-16-12-3-5-13(6-4-12)20-14-17-9-18-19-14/h3-6,9-11,16H,7-8,15H2,1-2H3,(H,17,18,19). The SMILES string of the molecule is CC(C)C(CN)CNc1ccc(Sc2ncn[nH]2)cc1. The van der Waals surface area contributed by atoms with Gasteiger partial charge in [0, 0.05) is 17.1 Å². The lowest BCUT2D eigenvalue weighted by atomic mass is 9.96. The molecule has 0 aliphatic rings. The number of benzene rings is 1. The van der Waals surface area contributed by atoms with Crippen molar-refractivity contribution in [2.24, 2.45) is 17.6 Å². The summed E-state index contributed by atoms with van der Waals surface area (Å²) in [6.07, 6.45) is 1.51. The molecular formula is C14H21N5S. The highest BCUT2D eigenvalue weighted by atomic mass is 32.2. The number of hydrogen-bond acceptors (Lipinski definition) is 5. The zero-order valence-corrected chi connectivity index (χ0v) is 12.7. The normalized spacial score (nSPS) is 12.6. The molecule has 1 heterocycles. The predicted molar refractivity (Wildman–Crippen MR) is 82.8 cm³/mol. The number of nitrogens with two attached hydrogens (primary N) is 1. The van der Waals surface area contributed by atoms with E-state index in [2.05, 4.69) is 58.6 Å². The second-order valence-electron chi connectivity index (χ2n) is 5.04. The topological polar surface area (TPSA) is 79.6 Å². The summed E-state index contributed by atoms with van der Waals surface area (Å²) in [6.45, 7) is 6.03. The summed E-state index contributed by atoms with van der Waals surface area (Å²) in [5.74, 6) is 1.09. The van der Waals surface area contributed by atoms with Gasteiger partial charge in [-0.25, -0.2) is 4.98 Å². The zero-order valence-electron chi connectivity index (χ0n) is 11.8. The van der Waals surface area contributed by atoms with Gasteiger partial charge in [0.2, 0.25) is 0 Å². The minimum absolute atomic E-state index is 0.498. The number of rotatable bonds is 7. The highest BCUT2D eigenvalue weighted by Gasteiger charge is 2.10. The Morgan fingerprint density at radius 2 is 2.05 bits per heavy atom. The van der Waals surface area contributed by atoms with E-state index in [-0.39, 0.29) is 0 Å². The first-order valence-electron chi connectivity index (χ1n) is 6.76. The first-order valence-corrected chi connectivity index (χ1v) is 7.58. The molecule has 0 bridgehead atoms. The van der Waals surface area contributed by atoms with Gasteiger partial charge < -0.3 is 11.1 Å². The van der Waals surface area contributed by atoms with Crippen LogP contribution in [0.5, 0.6) is 0 Å². The maximum atomic E-state index is 5.78. The zero-order chi connectivity index (χ0) is 14.4. The molecule has 5 nitrogen and oxygen atoms in total. The van der Waals surface area contributed by atoms with Crippen molar-refractivity contribution in [1.82, 2.24) is 15.2 Å². The average molecular weight is 291 g/mol. The van der Waals surface area contributed by atoms with Gasteiger partial charge in [-0.3, -0.25) is 5.10 Å². The first kappa shape index (κ1) is 14.9. The van der Waals surface area contributed by atoms with Crippen molar-refractivity contribution in [2.45, 2.75) is 23.9 Å². The molecule has 0 aliphatic heterocycles. The van der Waals surface area contributed by atoms with Crippen LogP contribution in [0.1, 0.15) is 13.8 Å². The van der Waals surface area contributed by atoms with E-state index in [9.17, 15) is 0 Å². The van der Waals surface area contributed by atoms with Gasteiger partial charge in [0.05, 0.1) is 0 Å². The molecule has 1 aromatic carbocycles. The van der Waals surface area contributed by atoms with E-state index in [1.165, 1.54) is 6.33 Å². The van der Waals surface area contributed by atoms with Gasteiger partial charge in [-0.05, 0) is 42.6 Å². The molecule has 0 saturated heterocycles. The lowest BCUT2D eigenvalue weighted by Crippen LogP contribution is -2.27. The van der Waals surface area contributed by atoms with Crippen molar-refractivity contribution < 1.29 is 0 Å². The number of nitrogens with one attached hydrogen (secondary N) is 2. The van der Waals surface area contributed by atoms with Gasteiger partial charge in [0.15, 0.2) is 5.16 Å². The number of aromatic nitrogens is 3. The average Bonchev–Trinajstić information content (AvgIpc) is 2.94. The Balaban J connectivity index is 1.88. The molecule has 0 saturated carbocycles. The van der Waals surface area contributed by atoms with Crippen LogP contribution in [0.15, 0.2) is 40.6 Å². The van der Waals surface area contributed by atoms with E-state index in [1.54, 1.807) is 11.8 Å². The molecule has 0 aliphatic carbocycles. The minimum atomic E-state index is 0.498. The predicted octanol–water partition coefficient (Wildman–Crippen LogP) is 2.60. The molecule has 2 rings (SSSR count). The first-order chi connectivity index (χ1) is 9.69. The Bertz CT molecular complexity index is 495. The molecule has 6 heteroatoms. The molecular weight excluding hydrogens is 270 g/mol. The molecule has 0 radical (unpaired) electrons. The summed E-state index contributed by atoms with van der Waals surface area (Å²) in [4.78, 5) is 5.22. The number of aromatic amines is 1. The fourth-order valence-electron chi connectivity index (χ4n) is 1.84. The Morgan fingerprint density at radius 1 is 1.30 bits per heavy atom. The molecule has 0 amide bonds. The van der Waals surface area contributed by atoms with E-state index in [1.807, 2.05) is 0 Å². The van der Waals surface area contributed by atoms with Gasteiger partial charge in [0.1, 0.15) is 6.33 Å². The lowest BCUT2D eigenvalue weighted by molar-refractivity contribution is 0.413. The molecule has 2 aromatic rings. The molecule has 108 valence electrons. The summed E-state index contributed by atoms with van der Waals surface area (Å²) in [7, 11) is 0. The summed E-state index contributed by atoms with van der Waals surface area (Å²) >= 11 is 1.56. The molecule has 1 aromatic heterocycles. The van der Waals surface area contributed by atoms with Crippen molar-refractivity contribution in [1.29, 1.82) is 0 Å². The molecule has 1 atom stereocenters. The van der Waals surface area contributed by atoms with Crippen LogP contribution >= 0.6 is 11.8 Å². The van der Waals surface area contributed by atoms with Crippen molar-refractivity contribution in [2.75, 3.05) is 18.4 Å². The monoisotopic (exact) mass is 291 g/mol. The molecule has 1 unspecified atom stereocenters. The quantitative estimate of drug-likeness (QED) is 0.730. The Kier molecular flexibility index (Phi) is 5.43. The summed E-state index contributed by atoms with van der Waals surface area (Å²) in [5.41, 5.74) is 6.89. The molecule has 0 fully saturated rings. The third kappa shape index (κ3) is 4.25. The van der Waals surface area contributed by atoms with Gasteiger partial charge in [-0.15, -0.1) is 0 Å². The number of H-pyrrole nitrogens is 1. The van der Waals surface area contributed by atoms with Crippen LogP contribution in [-0.4, -0.2) is 28.3 Å². The van der Waals surface area contributed by atoms with Gasteiger partial charge in [0.25, 0.3) is 0 Å². The van der Waals surface area contributed by atoms with Gasteiger partial charge in [-0.1, -0.05) is 25.6 Å². The van der Waals surface area contributed by atoms with Crippen LogP contribution in [0.2, 0.25) is 0 Å². The third-order valence-corrected chi connectivity index (χ3v) is 4.17. The van der Waals surface area contributed by atoms with Crippen molar-refractivity contribution in [3.8, 4) is 0 Å². The smallest absolute Gasteiger partial charge is 0.188 e. The van der Waals surface area contributed by atoms with Crippen LogP contribution in [0, 0.1) is 11.8 Å². The Morgan fingerprint density at radius 3 is 2.60 bits per heavy atom. The third-order valence-electron chi connectivity index (χ3n) is 3.28. The number of anilines is 1. The van der Waals surface area contributed by atoms with Crippen molar-refractivity contribution in [3.05, 3.63) is 30.6 Å². The largest absolute Gasteiger partial charge is 0.385 e. The molecule has 4 N–H and O–H groups in total. The lowest BCUT2D eigenvalue weighted by Gasteiger charge is -2.20. The maximum Gasteiger partial charge on any atom is 0.188 e. The fourth-order valence-corrected chi connectivity index (χ4v) is 2.53. The fraction of sp³-hybridized carbons (Fsp3) is 0.429. The summed E-state index contributed by atoms with van der Waals surface area (Å²) < 4.78 is 0. The van der Waals surface area contributed by atoms with Crippen LogP contribution in [0.25, 0.3) is 0 Å². The second kappa shape index (κ2) is 7.31. The summed E-state index contributed by atoms with van der Waals surface area (Å²) in [5, 5.41) is 10.9. The highest BCUT2D eigenvalue weighted by molar-refractivity contribution is 7.99. The highest BCUT2D eigenvalue weighted by Crippen LogP contribution is 2.25. The Hall–Kier alpha value is -1.53. The number of nitrogens with zero attached hydrogens (tertiary/aromatic N) is 2. The number of hydrogen-bond donors (Lipinski definition) is 3. The summed E-state index contributed by atoms with van der Waals surface area (Å²) in [6, 6.07) is 8.30. The Labute approximate surface area is 123 Å². The molecule has 20 heavy (non-hydrogen) atoms. The van der Waals surface area contributed by atoms with E-state index in [0.29, 0.717) is 18.4 Å². The van der Waals surface area contributed by atoms with Crippen LogP contribution in [-0.2, 0) is 0 Å². The van der Waals surface area contributed by atoms with E-state index in [4.69, 9.17) is 5.73 Å². The van der Waals surface area contributed by atoms with E-state index in [0.717, 1.165) is 22.3 Å². The van der Waals surface area contributed by atoms with E-state index >= 15 is 0 Å². The van der Waals surface area contributed by atoms with Crippen molar-refractivity contribution in [3.63, 3.8) is 0 Å². The maximum absolute atomic E-state index is 5.78. The van der Waals surface area contributed by atoms with Gasteiger partial charge >= 0.3 is 0 Å². The van der Waals surface area contributed by atoms with E-state index < -0.39 is 0 Å². The minimum Gasteiger partial charge on any atom is -0.385 e. The second-order valence-corrected chi connectivity index (χ2v) is 6.10. The van der Waals surface area contributed by atoms with Crippen LogP contribution < -0.4 is 11.1 Å². The van der Waals surface area contributed by atoms with Crippen LogP contribution in [0.3, 0.4) is 0 Å². The van der Waals surface area contributed by atoms with Crippen molar-refractivity contribution >= 4 is 17.4 Å². The molecule has 0 spiro atoms. The van der Waals surface area contributed by atoms with Crippen LogP contribution in [0.4, 0.5) is 5.69 Å². The van der Waals surface area contributed by atoms with Gasteiger partial charge in [-0.2, -0.15) is 5.10 Å².